The summed E-state index contributed by atoms with van der Waals surface area (Å²) >= 11 is 0. The summed E-state index contributed by atoms with van der Waals surface area (Å²) in [5.74, 6) is 1.73. The molecule has 2 aromatic carbocycles. The lowest BCUT2D eigenvalue weighted by Crippen LogP contribution is -2.46. The van der Waals surface area contributed by atoms with Crippen LogP contribution in [0, 0.1) is 23.7 Å². The molecule has 4 atom stereocenters. The van der Waals surface area contributed by atoms with Crippen LogP contribution in [-0.2, 0) is 22.4 Å². The molecule has 228 valence electrons. The van der Waals surface area contributed by atoms with Crippen LogP contribution in [0.5, 0.6) is 23.0 Å². The van der Waals surface area contributed by atoms with Gasteiger partial charge in [0.1, 0.15) is 11.6 Å². The zero-order valence-corrected chi connectivity index (χ0v) is 25.3. The number of piperidine rings is 2. The maximum absolute atomic E-state index is 12.4. The van der Waals surface area contributed by atoms with Gasteiger partial charge in [0.05, 0.1) is 0 Å². The van der Waals surface area contributed by atoms with Gasteiger partial charge in [-0.15, -0.1) is 0 Å². The van der Waals surface area contributed by atoms with E-state index in [1.54, 1.807) is 24.3 Å². The van der Waals surface area contributed by atoms with Crippen molar-refractivity contribution < 1.29 is 30.0 Å². The topological polar surface area (TPSA) is 122 Å². The maximum Gasteiger partial charge on any atom is 0.157 e. The van der Waals surface area contributed by atoms with E-state index in [1.807, 2.05) is 0 Å². The van der Waals surface area contributed by atoms with Crippen LogP contribution in [0.3, 0.4) is 0 Å². The van der Waals surface area contributed by atoms with Gasteiger partial charge in [-0.1, -0.05) is 27.7 Å². The SMILES string of the molecule is CC(C)C[C@@H]1CN2CCc3cc(O)c(O)cc3[C@H]2CC1=O.CC(C)C[C@H]1CN2CCc3cc(O)c(O)cc3[C@@H]2CC1=O. The largest absolute Gasteiger partial charge is 0.504 e. The Morgan fingerprint density at radius 2 is 1.00 bits per heavy atom. The standard InChI is InChI=1S/2C17H23NO3/c2*1-10(2)5-12-9-18-4-3-11-6-16(20)17(21)7-13(11)14(18)8-15(12)19/h2*6-7,10,12,14,20-21H,3-5,8-9H2,1-2H3/t2*12-,14-/m10/s1. The highest BCUT2D eigenvalue weighted by atomic mass is 16.3. The Hall–Kier alpha value is -3.10. The minimum atomic E-state index is -0.0904. The van der Waals surface area contributed by atoms with E-state index in [4.69, 9.17) is 0 Å². The predicted molar refractivity (Wildman–Crippen MR) is 161 cm³/mol. The first kappa shape index (κ1) is 30.4. The number of ketones is 2. The van der Waals surface area contributed by atoms with Gasteiger partial charge in [0.15, 0.2) is 23.0 Å². The summed E-state index contributed by atoms with van der Waals surface area (Å²) in [6.45, 7) is 12.1. The molecule has 6 rings (SSSR count). The van der Waals surface area contributed by atoms with Crippen LogP contribution in [-0.4, -0.2) is 68.0 Å². The number of nitrogens with zero attached hydrogens (tertiary/aromatic N) is 2. The lowest BCUT2D eigenvalue weighted by Gasteiger charge is -2.43. The third-order valence-electron chi connectivity index (χ3n) is 9.53. The molecule has 0 unspecified atom stereocenters. The molecule has 2 aromatic rings. The molecule has 8 heteroatoms. The summed E-state index contributed by atoms with van der Waals surface area (Å²) in [5.41, 5.74) is 4.13. The molecule has 0 saturated carbocycles. The van der Waals surface area contributed by atoms with Crippen molar-refractivity contribution >= 4 is 11.6 Å². The Bertz CT molecular complexity index is 1240. The fourth-order valence-corrected chi connectivity index (χ4v) is 7.51. The first-order chi connectivity index (χ1) is 19.9. The van der Waals surface area contributed by atoms with E-state index >= 15 is 0 Å². The predicted octanol–water partition coefficient (Wildman–Crippen LogP) is 5.26. The van der Waals surface area contributed by atoms with Gasteiger partial charge in [0.25, 0.3) is 0 Å². The van der Waals surface area contributed by atoms with Crippen molar-refractivity contribution in [1.82, 2.24) is 9.80 Å². The summed E-state index contributed by atoms with van der Waals surface area (Å²) in [7, 11) is 0. The summed E-state index contributed by atoms with van der Waals surface area (Å²) in [6.07, 6.45) is 4.68. The average molecular weight is 579 g/mol. The van der Waals surface area contributed by atoms with E-state index in [0.29, 0.717) is 36.2 Å². The second-order valence-electron chi connectivity index (χ2n) is 13.6. The number of carbonyl (C=O) groups is 2. The monoisotopic (exact) mass is 578 g/mol. The zero-order valence-electron chi connectivity index (χ0n) is 25.3. The van der Waals surface area contributed by atoms with Crippen LogP contribution in [0.2, 0.25) is 0 Å². The van der Waals surface area contributed by atoms with E-state index in [2.05, 4.69) is 37.5 Å². The van der Waals surface area contributed by atoms with E-state index in [1.165, 1.54) is 0 Å². The molecule has 0 bridgehead atoms. The van der Waals surface area contributed by atoms with E-state index in [-0.39, 0.29) is 46.9 Å². The minimum Gasteiger partial charge on any atom is -0.504 e. The lowest BCUT2D eigenvalue weighted by atomic mass is 9.80. The summed E-state index contributed by atoms with van der Waals surface area (Å²) in [4.78, 5) is 29.6. The second kappa shape index (κ2) is 12.3. The highest BCUT2D eigenvalue weighted by Crippen LogP contribution is 2.43. The molecule has 2 saturated heterocycles. The molecule has 4 heterocycles. The normalized spacial score (nSPS) is 25.8. The van der Waals surface area contributed by atoms with Gasteiger partial charge >= 0.3 is 0 Å². The summed E-state index contributed by atoms with van der Waals surface area (Å²) < 4.78 is 0. The molecule has 4 aliphatic heterocycles. The van der Waals surface area contributed by atoms with Gasteiger partial charge in [-0.2, -0.15) is 0 Å². The lowest BCUT2D eigenvalue weighted by molar-refractivity contribution is -0.130. The quantitative estimate of drug-likeness (QED) is 0.363. The van der Waals surface area contributed by atoms with Crippen molar-refractivity contribution in [2.45, 2.75) is 78.3 Å². The number of fused-ring (bicyclic) bond motifs is 6. The summed E-state index contributed by atoms with van der Waals surface area (Å²) in [5, 5.41) is 38.8. The number of phenols is 4. The Morgan fingerprint density at radius 3 is 1.36 bits per heavy atom. The molecule has 0 aromatic heterocycles. The third-order valence-corrected chi connectivity index (χ3v) is 9.53. The Morgan fingerprint density at radius 1 is 0.643 bits per heavy atom. The number of phenolic OH excluding ortho intramolecular Hbond substituents is 4. The molecule has 4 aliphatic rings. The molecular weight excluding hydrogens is 532 g/mol. The van der Waals surface area contributed by atoms with E-state index in [9.17, 15) is 30.0 Å². The number of benzene rings is 2. The molecular formula is C34H46N2O6. The Labute approximate surface area is 249 Å². The number of hydrogen-bond donors (Lipinski definition) is 4. The number of carbonyl (C=O) groups excluding carboxylic acids is 2. The first-order valence-electron chi connectivity index (χ1n) is 15.5. The molecule has 0 amide bonds. The minimum absolute atomic E-state index is 0.0659. The second-order valence-corrected chi connectivity index (χ2v) is 13.6. The smallest absolute Gasteiger partial charge is 0.157 e. The van der Waals surface area contributed by atoms with Crippen molar-refractivity contribution in [3.63, 3.8) is 0 Å². The fraction of sp³-hybridized carbons (Fsp3) is 0.588. The average Bonchev–Trinajstić information content (AvgIpc) is 2.91. The fourth-order valence-electron chi connectivity index (χ4n) is 7.51. The van der Waals surface area contributed by atoms with Crippen molar-refractivity contribution in [2.75, 3.05) is 26.2 Å². The molecule has 8 nitrogen and oxygen atoms in total. The molecule has 0 aliphatic carbocycles. The highest BCUT2D eigenvalue weighted by Gasteiger charge is 2.39. The van der Waals surface area contributed by atoms with Crippen LogP contribution < -0.4 is 0 Å². The van der Waals surface area contributed by atoms with E-state index in [0.717, 1.165) is 74.1 Å². The summed E-state index contributed by atoms with van der Waals surface area (Å²) in [6, 6.07) is 6.70. The maximum atomic E-state index is 12.4. The molecule has 2 fully saturated rings. The first-order valence-corrected chi connectivity index (χ1v) is 15.5. The van der Waals surface area contributed by atoms with Crippen LogP contribution in [0.1, 0.15) is 87.7 Å². The van der Waals surface area contributed by atoms with Crippen LogP contribution in [0.4, 0.5) is 0 Å². The highest BCUT2D eigenvalue weighted by molar-refractivity contribution is 5.83. The van der Waals surface area contributed by atoms with Gasteiger partial charge in [-0.3, -0.25) is 19.4 Å². The number of aromatic hydroxyl groups is 4. The van der Waals surface area contributed by atoms with Gasteiger partial charge in [-0.25, -0.2) is 0 Å². The Kier molecular flexibility index (Phi) is 8.86. The Balaban J connectivity index is 0.000000168. The number of rotatable bonds is 4. The zero-order chi connectivity index (χ0) is 30.3. The van der Waals surface area contributed by atoms with Crippen molar-refractivity contribution in [1.29, 1.82) is 0 Å². The third kappa shape index (κ3) is 6.30. The molecule has 42 heavy (non-hydrogen) atoms. The van der Waals surface area contributed by atoms with Crippen molar-refractivity contribution in [3.05, 3.63) is 46.5 Å². The van der Waals surface area contributed by atoms with E-state index < -0.39 is 0 Å². The van der Waals surface area contributed by atoms with Crippen LogP contribution in [0.15, 0.2) is 24.3 Å². The molecule has 0 radical (unpaired) electrons. The molecule has 4 N–H and O–H groups in total. The number of Topliss-reactive ketones (excluding diaryl/α,β-unsaturated/α-hetero) is 2. The van der Waals surface area contributed by atoms with Crippen LogP contribution >= 0.6 is 0 Å². The van der Waals surface area contributed by atoms with Gasteiger partial charge in [-0.05, 0) is 84.0 Å². The van der Waals surface area contributed by atoms with Crippen molar-refractivity contribution in [2.24, 2.45) is 23.7 Å². The van der Waals surface area contributed by atoms with Gasteiger partial charge < -0.3 is 20.4 Å². The number of hydrogen-bond acceptors (Lipinski definition) is 8. The van der Waals surface area contributed by atoms with Crippen molar-refractivity contribution in [3.8, 4) is 23.0 Å². The molecule has 0 spiro atoms. The van der Waals surface area contributed by atoms with Gasteiger partial charge in [0, 0.05) is 62.9 Å². The van der Waals surface area contributed by atoms with Gasteiger partial charge in [0.2, 0.25) is 0 Å². The van der Waals surface area contributed by atoms with Crippen LogP contribution in [0.25, 0.3) is 0 Å².